The van der Waals surface area contributed by atoms with Gasteiger partial charge in [0.05, 0.1) is 0 Å². The smallest absolute Gasteiger partial charge is 0.286 e. The largest absolute Gasteiger partial charge is 0.374 e. The van der Waals surface area contributed by atoms with Crippen LogP contribution < -0.4 is 11.1 Å². The molecule has 100 valence electrons. The topological polar surface area (TPSA) is 80.9 Å². The van der Waals surface area contributed by atoms with Crippen molar-refractivity contribution in [2.45, 2.75) is 26.7 Å². The van der Waals surface area contributed by atoms with Crippen LogP contribution in [0.2, 0.25) is 0 Å². The first-order chi connectivity index (χ1) is 8.99. The van der Waals surface area contributed by atoms with Crippen LogP contribution in [0.15, 0.2) is 18.2 Å². The molecule has 0 unspecified atom stereocenters. The van der Waals surface area contributed by atoms with Gasteiger partial charge in [0.25, 0.3) is 5.91 Å². The number of aromatic nitrogens is 2. The summed E-state index contributed by atoms with van der Waals surface area (Å²) in [6.45, 7) is 6.15. The number of anilines is 2. The second-order valence-electron chi connectivity index (χ2n) is 4.59. The Balaban J connectivity index is 2.31. The molecule has 0 aliphatic carbocycles. The zero-order chi connectivity index (χ0) is 14.0. The van der Waals surface area contributed by atoms with Gasteiger partial charge in [-0.05, 0) is 24.0 Å². The van der Waals surface area contributed by atoms with E-state index in [0.29, 0.717) is 11.0 Å². The zero-order valence-corrected chi connectivity index (χ0v) is 11.9. The van der Waals surface area contributed by atoms with Gasteiger partial charge in [-0.15, -0.1) is 10.2 Å². The van der Waals surface area contributed by atoms with E-state index in [-0.39, 0.29) is 10.9 Å². The van der Waals surface area contributed by atoms with Crippen LogP contribution in [-0.4, -0.2) is 16.1 Å². The molecule has 3 N–H and O–H groups in total. The van der Waals surface area contributed by atoms with Crippen molar-refractivity contribution in [3.8, 4) is 0 Å². The van der Waals surface area contributed by atoms with E-state index in [4.69, 9.17) is 5.73 Å². The third-order valence-electron chi connectivity index (χ3n) is 2.80. The third-order valence-corrected chi connectivity index (χ3v) is 3.55. The molecule has 19 heavy (non-hydrogen) atoms. The van der Waals surface area contributed by atoms with Gasteiger partial charge in [0.2, 0.25) is 10.1 Å². The fraction of sp³-hybridized carbons (Fsp3) is 0.308. The molecule has 5 nitrogen and oxygen atoms in total. The number of rotatable bonds is 3. The molecule has 2 rings (SSSR count). The van der Waals surface area contributed by atoms with Crippen LogP contribution in [0.1, 0.15) is 40.7 Å². The molecule has 0 saturated heterocycles. The first kappa shape index (κ1) is 13.5. The van der Waals surface area contributed by atoms with Crippen molar-refractivity contribution in [2.75, 3.05) is 11.1 Å². The molecule has 0 spiro atoms. The molecule has 0 radical (unpaired) electrons. The Kier molecular flexibility index (Phi) is 3.80. The van der Waals surface area contributed by atoms with Crippen molar-refractivity contribution in [2.24, 2.45) is 0 Å². The highest BCUT2D eigenvalue weighted by atomic mass is 32.1. The number of carbonyl (C=O) groups is 1. The summed E-state index contributed by atoms with van der Waals surface area (Å²) in [5.41, 5.74) is 8.45. The molecule has 1 aromatic carbocycles. The number of hydrogen-bond donors (Lipinski definition) is 2. The molecule has 1 aromatic heterocycles. The molecule has 0 bridgehead atoms. The number of nitrogen functional groups attached to an aromatic ring is 1. The van der Waals surface area contributed by atoms with Crippen molar-refractivity contribution in [3.05, 3.63) is 34.3 Å². The van der Waals surface area contributed by atoms with Gasteiger partial charge in [-0.1, -0.05) is 43.4 Å². The lowest BCUT2D eigenvalue weighted by atomic mass is 9.98. The Morgan fingerprint density at radius 3 is 2.68 bits per heavy atom. The molecule has 1 amide bonds. The number of hydrogen-bond acceptors (Lipinski definition) is 5. The van der Waals surface area contributed by atoms with E-state index in [9.17, 15) is 4.79 Å². The second kappa shape index (κ2) is 5.36. The van der Waals surface area contributed by atoms with Gasteiger partial charge >= 0.3 is 0 Å². The summed E-state index contributed by atoms with van der Waals surface area (Å²) in [6.07, 6.45) is 0. The van der Waals surface area contributed by atoms with E-state index in [1.165, 1.54) is 0 Å². The minimum absolute atomic E-state index is 0.273. The molecular weight excluding hydrogens is 260 g/mol. The summed E-state index contributed by atoms with van der Waals surface area (Å²) in [7, 11) is 0. The summed E-state index contributed by atoms with van der Waals surface area (Å²) in [5.74, 6) is 0.0556. The normalized spacial score (nSPS) is 10.7. The van der Waals surface area contributed by atoms with Gasteiger partial charge < -0.3 is 11.1 Å². The average molecular weight is 276 g/mol. The van der Waals surface area contributed by atoms with Crippen LogP contribution in [0.5, 0.6) is 0 Å². The van der Waals surface area contributed by atoms with Gasteiger partial charge in [-0.25, -0.2) is 0 Å². The van der Waals surface area contributed by atoms with E-state index >= 15 is 0 Å². The van der Waals surface area contributed by atoms with Crippen LogP contribution in [0.4, 0.5) is 10.8 Å². The maximum absolute atomic E-state index is 12.1. The number of carbonyl (C=O) groups excluding carboxylic acids is 1. The van der Waals surface area contributed by atoms with Crippen LogP contribution in [0, 0.1) is 6.92 Å². The maximum atomic E-state index is 12.1. The van der Waals surface area contributed by atoms with Crippen molar-refractivity contribution >= 4 is 28.1 Å². The van der Waals surface area contributed by atoms with Gasteiger partial charge in [-0.3, -0.25) is 4.79 Å². The Bertz CT molecular complexity index is 606. The lowest BCUT2D eigenvalue weighted by molar-refractivity contribution is 0.102. The number of para-hydroxylation sites is 1. The quantitative estimate of drug-likeness (QED) is 0.903. The fourth-order valence-electron chi connectivity index (χ4n) is 1.84. The predicted molar refractivity (Wildman–Crippen MR) is 77.5 cm³/mol. The van der Waals surface area contributed by atoms with Crippen molar-refractivity contribution in [1.29, 1.82) is 0 Å². The van der Waals surface area contributed by atoms with Crippen molar-refractivity contribution < 1.29 is 4.79 Å². The summed E-state index contributed by atoms with van der Waals surface area (Å²) >= 11 is 1.08. The van der Waals surface area contributed by atoms with E-state index < -0.39 is 0 Å². The van der Waals surface area contributed by atoms with Crippen molar-refractivity contribution in [3.63, 3.8) is 0 Å². The Morgan fingerprint density at radius 2 is 2.11 bits per heavy atom. The molecule has 0 saturated carbocycles. The van der Waals surface area contributed by atoms with Gasteiger partial charge in [0, 0.05) is 5.69 Å². The SMILES string of the molecule is Cc1cccc(C(C)C)c1NC(=O)c1nnc(N)s1. The maximum Gasteiger partial charge on any atom is 0.286 e. The molecular formula is C13H16N4OS. The monoisotopic (exact) mass is 276 g/mol. The van der Waals surface area contributed by atoms with Gasteiger partial charge in [0.1, 0.15) is 0 Å². The lowest BCUT2D eigenvalue weighted by Crippen LogP contribution is -2.14. The third kappa shape index (κ3) is 2.90. The Labute approximate surface area is 115 Å². The lowest BCUT2D eigenvalue weighted by Gasteiger charge is -2.15. The standard InChI is InChI=1S/C13H16N4OS/c1-7(2)9-6-4-5-8(3)10(9)15-11(18)12-16-17-13(14)19-12/h4-7H,1-3H3,(H2,14,17)(H,15,18). The molecule has 1 heterocycles. The minimum Gasteiger partial charge on any atom is -0.374 e. The number of benzene rings is 1. The number of nitrogens with one attached hydrogen (secondary N) is 1. The summed E-state index contributed by atoms with van der Waals surface area (Å²) in [4.78, 5) is 12.1. The predicted octanol–water partition coefficient (Wildman–Crippen LogP) is 2.80. The zero-order valence-electron chi connectivity index (χ0n) is 11.1. The van der Waals surface area contributed by atoms with E-state index in [0.717, 1.165) is 28.2 Å². The number of amides is 1. The highest BCUT2D eigenvalue weighted by Crippen LogP contribution is 2.28. The molecule has 6 heteroatoms. The van der Waals surface area contributed by atoms with Crippen LogP contribution in [-0.2, 0) is 0 Å². The molecule has 2 aromatic rings. The van der Waals surface area contributed by atoms with Crippen LogP contribution in [0.3, 0.4) is 0 Å². The first-order valence-corrected chi connectivity index (χ1v) is 6.80. The van der Waals surface area contributed by atoms with E-state index in [1.54, 1.807) is 0 Å². The van der Waals surface area contributed by atoms with Crippen molar-refractivity contribution in [1.82, 2.24) is 10.2 Å². The van der Waals surface area contributed by atoms with Crippen LogP contribution >= 0.6 is 11.3 Å². The summed E-state index contributed by atoms with van der Waals surface area (Å²) in [6, 6.07) is 5.97. The number of nitrogens with zero attached hydrogens (tertiary/aromatic N) is 2. The molecule has 0 atom stereocenters. The highest BCUT2D eigenvalue weighted by Gasteiger charge is 2.16. The van der Waals surface area contributed by atoms with E-state index in [2.05, 4.69) is 29.4 Å². The number of aryl methyl sites for hydroxylation is 1. The van der Waals surface area contributed by atoms with E-state index in [1.807, 2.05) is 25.1 Å². The Morgan fingerprint density at radius 1 is 1.37 bits per heavy atom. The summed E-state index contributed by atoms with van der Waals surface area (Å²) in [5, 5.41) is 10.9. The molecule has 0 aliphatic rings. The van der Waals surface area contributed by atoms with Crippen LogP contribution in [0.25, 0.3) is 0 Å². The highest BCUT2D eigenvalue weighted by molar-refractivity contribution is 7.16. The molecule has 0 aliphatic heterocycles. The minimum atomic E-state index is -0.273. The average Bonchev–Trinajstić information content (AvgIpc) is 2.78. The van der Waals surface area contributed by atoms with Gasteiger partial charge in [-0.2, -0.15) is 0 Å². The van der Waals surface area contributed by atoms with Gasteiger partial charge in [0.15, 0.2) is 0 Å². The fourth-order valence-corrected chi connectivity index (χ4v) is 2.34. The second-order valence-corrected chi connectivity index (χ2v) is 5.60. The number of nitrogens with two attached hydrogens (primary N) is 1. The Hall–Kier alpha value is -1.95. The summed E-state index contributed by atoms with van der Waals surface area (Å²) < 4.78 is 0. The first-order valence-electron chi connectivity index (χ1n) is 5.99. The molecule has 0 fully saturated rings.